The average molecular weight is 275 g/mol. The van der Waals surface area contributed by atoms with Crippen molar-refractivity contribution in [2.24, 2.45) is 0 Å². The molecule has 110 valence electrons. The predicted molar refractivity (Wildman–Crippen MR) is 80.7 cm³/mol. The van der Waals surface area contributed by atoms with E-state index in [1.807, 2.05) is 19.9 Å². The lowest BCUT2D eigenvalue weighted by atomic mass is 9.93. The maximum Gasteiger partial charge on any atom is 0.126 e. The van der Waals surface area contributed by atoms with Crippen LogP contribution in [-0.4, -0.2) is 37.2 Å². The molecule has 0 N–H and O–H groups in total. The fraction of sp³-hybridized carbons (Fsp3) is 0.647. The monoisotopic (exact) mass is 275 g/mol. The van der Waals surface area contributed by atoms with Gasteiger partial charge in [0.05, 0.1) is 12.7 Å². The standard InChI is InChI=1S/C17H25NO2/c1-12(2)20-15-6-7-16-13(11-19-17(16)10-15)9-14-5-4-8-18(14)3/h6-7,10,12-14H,4-5,8-9,11H2,1-3H3/t13-,14+/m0/s1. The summed E-state index contributed by atoms with van der Waals surface area (Å²) in [6.45, 7) is 6.16. The van der Waals surface area contributed by atoms with Gasteiger partial charge >= 0.3 is 0 Å². The number of ether oxygens (including phenoxy) is 2. The molecule has 20 heavy (non-hydrogen) atoms. The minimum Gasteiger partial charge on any atom is -0.493 e. The molecule has 3 heteroatoms. The van der Waals surface area contributed by atoms with Crippen LogP contribution in [0.4, 0.5) is 0 Å². The molecule has 2 heterocycles. The van der Waals surface area contributed by atoms with Crippen LogP contribution >= 0.6 is 0 Å². The second kappa shape index (κ2) is 5.65. The third kappa shape index (κ3) is 2.78. The molecule has 0 aromatic heterocycles. The molecule has 2 atom stereocenters. The fourth-order valence-corrected chi connectivity index (χ4v) is 3.40. The lowest BCUT2D eigenvalue weighted by Crippen LogP contribution is -2.27. The molecule has 1 saturated heterocycles. The minimum absolute atomic E-state index is 0.206. The van der Waals surface area contributed by atoms with Crippen LogP contribution in [0.5, 0.6) is 11.5 Å². The molecule has 0 aliphatic carbocycles. The summed E-state index contributed by atoms with van der Waals surface area (Å²) >= 11 is 0. The van der Waals surface area contributed by atoms with E-state index in [2.05, 4.69) is 24.1 Å². The van der Waals surface area contributed by atoms with Crippen molar-refractivity contribution in [3.8, 4) is 11.5 Å². The average Bonchev–Trinajstić information content (AvgIpc) is 2.97. The van der Waals surface area contributed by atoms with Gasteiger partial charge < -0.3 is 14.4 Å². The van der Waals surface area contributed by atoms with E-state index in [0.717, 1.165) is 24.1 Å². The lowest BCUT2D eigenvalue weighted by Gasteiger charge is -2.22. The Labute approximate surface area is 121 Å². The Bertz CT molecular complexity index is 472. The summed E-state index contributed by atoms with van der Waals surface area (Å²) in [5.74, 6) is 2.48. The van der Waals surface area contributed by atoms with Gasteiger partial charge in [-0.3, -0.25) is 0 Å². The topological polar surface area (TPSA) is 21.7 Å². The number of rotatable bonds is 4. The van der Waals surface area contributed by atoms with Crippen molar-refractivity contribution in [1.82, 2.24) is 4.90 Å². The van der Waals surface area contributed by atoms with Crippen molar-refractivity contribution in [1.29, 1.82) is 0 Å². The predicted octanol–water partition coefficient (Wildman–Crippen LogP) is 3.43. The molecule has 0 spiro atoms. The first-order valence-corrected chi connectivity index (χ1v) is 7.77. The zero-order valence-corrected chi connectivity index (χ0v) is 12.8. The van der Waals surface area contributed by atoms with Crippen molar-refractivity contribution in [3.05, 3.63) is 23.8 Å². The highest BCUT2D eigenvalue weighted by Gasteiger charge is 2.30. The van der Waals surface area contributed by atoms with Crippen molar-refractivity contribution in [2.75, 3.05) is 20.2 Å². The highest BCUT2D eigenvalue weighted by Crippen LogP contribution is 2.40. The first-order chi connectivity index (χ1) is 9.63. The summed E-state index contributed by atoms with van der Waals surface area (Å²) in [5, 5.41) is 0. The third-order valence-electron chi connectivity index (χ3n) is 4.46. The van der Waals surface area contributed by atoms with Crippen molar-refractivity contribution < 1.29 is 9.47 Å². The quantitative estimate of drug-likeness (QED) is 0.840. The number of likely N-dealkylation sites (tertiary alicyclic amines) is 1. The molecule has 1 aromatic rings. The summed E-state index contributed by atoms with van der Waals surface area (Å²) in [4.78, 5) is 2.49. The Morgan fingerprint density at radius 2 is 2.25 bits per heavy atom. The number of hydrogen-bond acceptors (Lipinski definition) is 3. The highest BCUT2D eigenvalue weighted by atomic mass is 16.5. The molecular formula is C17H25NO2. The Balaban J connectivity index is 1.70. The van der Waals surface area contributed by atoms with Gasteiger partial charge in [0, 0.05) is 23.6 Å². The molecule has 1 fully saturated rings. The fourth-order valence-electron chi connectivity index (χ4n) is 3.40. The number of benzene rings is 1. The van der Waals surface area contributed by atoms with Crippen molar-refractivity contribution in [2.45, 2.75) is 51.2 Å². The zero-order chi connectivity index (χ0) is 14.1. The van der Waals surface area contributed by atoms with Gasteiger partial charge in [-0.25, -0.2) is 0 Å². The largest absolute Gasteiger partial charge is 0.493 e. The van der Waals surface area contributed by atoms with Crippen LogP contribution in [0.2, 0.25) is 0 Å². The molecule has 3 rings (SSSR count). The third-order valence-corrected chi connectivity index (χ3v) is 4.46. The molecule has 1 aromatic carbocycles. The molecule has 0 bridgehead atoms. The van der Waals surface area contributed by atoms with E-state index in [9.17, 15) is 0 Å². The van der Waals surface area contributed by atoms with Crippen LogP contribution in [-0.2, 0) is 0 Å². The summed E-state index contributed by atoms with van der Waals surface area (Å²) in [7, 11) is 2.24. The summed E-state index contributed by atoms with van der Waals surface area (Å²) < 4.78 is 11.6. The van der Waals surface area contributed by atoms with Gasteiger partial charge in [0.2, 0.25) is 0 Å². The van der Waals surface area contributed by atoms with Crippen molar-refractivity contribution >= 4 is 0 Å². The maximum absolute atomic E-state index is 5.88. The Kier molecular flexibility index (Phi) is 3.88. The Morgan fingerprint density at radius 3 is 2.95 bits per heavy atom. The van der Waals surface area contributed by atoms with Gasteiger partial charge in [-0.15, -0.1) is 0 Å². The number of fused-ring (bicyclic) bond motifs is 1. The number of hydrogen-bond donors (Lipinski definition) is 0. The molecule has 2 aliphatic rings. The van der Waals surface area contributed by atoms with Gasteiger partial charge in [0.25, 0.3) is 0 Å². The van der Waals surface area contributed by atoms with E-state index in [1.165, 1.54) is 31.4 Å². The van der Waals surface area contributed by atoms with E-state index in [1.54, 1.807) is 0 Å². The summed E-state index contributed by atoms with van der Waals surface area (Å²) in [5.41, 5.74) is 1.36. The van der Waals surface area contributed by atoms with Gasteiger partial charge in [-0.05, 0) is 52.8 Å². The van der Waals surface area contributed by atoms with E-state index in [-0.39, 0.29) is 6.10 Å². The van der Waals surface area contributed by atoms with Gasteiger partial charge in [0.15, 0.2) is 0 Å². The Morgan fingerprint density at radius 1 is 1.40 bits per heavy atom. The van der Waals surface area contributed by atoms with Gasteiger partial charge in [0.1, 0.15) is 11.5 Å². The molecule has 2 aliphatic heterocycles. The first-order valence-electron chi connectivity index (χ1n) is 7.77. The smallest absolute Gasteiger partial charge is 0.126 e. The van der Waals surface area contributed by atoms with Gasteiger partial charge in [-0.1, -0.05) is 6.07 Å². The lowest BCUT2D eigenvalue weighted by molar-refractivity contribution is 0.240. The number of nitrogens with zero attached hydrogens (tertiary/aromatic N) is 1. The molecule has 0 radical (unpaired) electrons. The molecule has 0 unspecified atom stereocenters. The van der Waals surface area contributed by atoms with Crippen LogP contribution in [0, 0.1) is 0 Å². The van der Waals surface area contributed by atoms with Crippen LogP contribution in [0.1, 0.15) is 44.6 Å². The van der Waals surface area contributed by atoms with Crippen molar-refractivity contribution in [3.63, 3.8) is 0 Å². The second-order valence-electron chi connectivity index (χ2n) is 6.39. The van der Waals surface area contributed by atoms with Crippen LogP contribution < -0.4 is 9.47 Å². The molecule has 0 saturated carbocycles. The van der Waals surface area contributed by atoms with Crippen LogP contribution in [0.25, 0.3) is 0 Å². The SMILES string of the molecule is CC(C)Oc1ccc2c(c1)OC[C@@H]2C[C@H]1CCCN1C. The Hall–Kier alpha value is -1.22. The zero-order valence-electron chi connectivity index (χ0n) is 12.8. The summed E-state index contributed by atoms with van der Waals surface area (Å²) in [6.07, 6.45) is 4.09. The normalized spacial score (nSPS) is 25.8. The van der Waals surface area contributed by atoms with Gasteiger partial charge in [-0.2, -0.15) is 0 Å². The molecule has 3 nitrogen and oxygen atoms in total. The minimum atomic E-state index is 0.206. The maximum atomic E-state index is 5.88. The molecule has 0 amide bonds. The second-order valence-corrected chi connectivity index (χ2v) is 6.39. The van der Waals surface area contributed by atoms with E-state index >= 15 is 0 Å². The van der Waals surface area contributed by atoms with E-state index in [4.69, 9.17) is 9.47 Å². The van der Waals surface area contributed by atoms with Crippen LogP contribution in [0.3, 0.4) is 0 Å². The van der Waals surface area contributed by atoms with E-state index < -0.39 is 0 Å². The first kappa shape index (κ1) is 13.7. The highest BCUT2D eigenvalue weighted by molar-refractivity contribution is 5.45. The van der Waals surface area contributed by atoms with Crippen LogP contribution in [0.15, 0.2) is 18.2 Å². The molecular weight excluding hydrogens is 250 g/mol. The van der Waals surface area contributed by atoms with E-state index in [0.29, 0.717) is 5.92 Å². The summed E-state index contributed by atoms with van der Waals surface area (Å²) in [6, 6.07) is 7.05.